The van der Waals surface area contributed by atoms with Crippen molar-refractivity contribution in [2.24, 2.45) is 5.92 Å². The fourth-order valence-electron chi connectivity index (χ4n) is 1.40. The number of thiol groups is 1. The Balaban J connectivity index is 2.57. The minimum atomic E-state index is 0.0660. The summed E-state index contributed by atoms with van der Waals surface area (Å²) in [4.78, 5) is 11.5. The molecule has 0 bridgehead atoms. The van der Waals surface area contributed by atoms with Crippen LogP contribution in [0.2, 0.25) is 0 Å². The Hall–Kier alpha value is -0.220. The van der Waals surface area contributed by atoms with Crippen LogP contribution in [0.15, 0.2) is 27.6 Å². The van der Waals surface area contributed by atoms with E-state index in [1.807, 2.05) is 6.20 Å². The lowest BCUT2D eigenvalue weighted by atomic mass is 10.1. The van der Waals surface area contributed by atoms with E-state index in [0.29, 0.717) is 5.92 Å². The summed E-state index contributed by atoms with van der Waals surface area (Å²) in [5, 5.41) is 0. The molecule has 0 spiro atoms. The Morgan fingerprint density at radius 2 is 2.20 bits per heavy atom. The standard InChI is InChI=1S/C11H16BrNOS/c1-9(5-7-15)4-6-13-8-10(12)2-3-11(13)14/h2-3,8-9,15H,4-7H2,1H3. The first kappa shape index (κ1) is 12.8. The molecule has 1 unspecified atom stereocenters. The van der Waals surface area contributed by atoms with Crippen molar-refractivity contribution in [3.63, 3.8) is 0 Å². The summed E-state index contributed by atoms with van der Waals surface area (Å²) in [5.41, 5.74) is 0.0660. The van der Waals surface area contributed by atoms with Crippen molar-refractivity contribution in [2.75, 3.05) is 5.75 Å². The summed E-state index contributed by atoms with van der Waals surface area (Å²) >= 11 is 7.56. The smallest absolute Gasteiger partial charge is 0.250 e. The molecule has 0 aliphatic heterocycles. The highest BCUT2D eigenvalue weighted by Crippen LogP contribution is 2.10. The maximum atomic E-state index is 11.5. The van der Waals surface area contributed by atoms with Gasteiger partial charge in [0.15, 0.2) is 0 Å². The molecule has 0 aromatic carbocycles. The molecule has 0 aliphatic carbocycles. The molecule has 1 aromatic heterocycles. The van der Waals surface area contributed by atoms with Crippen LogP contribution in [-0.4, -0.2) is 10.3 Å². The van der Waals surface area contributed by atoms with E-state index in [1.54, 1.807) is 16.7 Å². The number of rotatable bonds is 5. The lowest BCUT2D eigenvalue weighted by Crippen LogP contribution is -2.19. The highest BCUT2D eigenvalue weighted by molar-refractivity contribution is 9.10. The minimum Gasteiger partial charge on any atom is -0.314 e. The van der Waals surface area contributed by atoms with E-state index in [2.05, 4.69) is 35.5 Å². The van der Waals surface area contributed by atoms with Gasteiger partial charge in [0.05, 0.1) is 0 Å². The van der Waals surface area contributed by atoms with Gasteiger partial charge >= 0.3 is 0 Å². The first-order valence-electron chi connectivity index (χ1n) is 5.10. The van der Waals surface area contributed by atoms with Gasteiger partial charge in [-0.2, -0.15) is 12.6 Å². The Kier molecular flexibility index (Phi) is 5.47. The number of halogens is 1. The van der Waals surface area contributed by atoms with E-state index >= 15 is 0 Å². The average molecular weight is 290 g/mol. The van der Waals surface area contributed by atoms with Crippen LogP contribution in [0, 0.1) is 5.92 Å². The van der Waals surface area contributed by atoms with E-state index in [4.69, 9.17) is 0 Å². The van der Waals surface area contributed by atoms with E-state index in [-0.39, 0.29) is 5.56 Å². The van der Waals surface area contributed by atoms with Crippen LogP contribution in [-0.2, 0) is 6.54 Å². The fourth-order valence-corrected chi connectivity index (χ4v) is 2.22. The molecule has 84 valence electrons. The number of hydrogen-bond acceptors (Lipinski definition) is 2. The summed E-state index contributed by atoms with van der Waals surface area (Å²) < 4.78 is 2.70. The number of hydrogen-bond donors (Lipinski definition) is 1. The van der Waals surface area contributed by atoms with Crippen LogP contribution in [0.5, 0.6) is 0 Å². The number of aromatic nitrogens is 1. The summed E-state index contributed by atoms with van der Waals surface area (Å²) in [6.07, 6.45) is 3.97. The van der Waals surface area contributed by atoms with E-state index < -0.39 is 0 Å². The molecule has 1 heterocycles. The summed E-state index contributed by atoms with van der Waals surface area (Å²) in [6, 6.07) is 3.36. The predicted octanol–water partition coefficient (Wildman–Crippen LogP) is 2.96. The zero-order valence-corrected chi connectivity index (χ0v) is 11.3. The fraction of sp³-hybridized carbons (Fsp3) is 0.545. The van der Waals surface area contributed by atoms with Gasteiger partial charge in [0.2, 0.25) is 0 Å². The Labute approximate surface area is 104 Å². The lowest BCUT2D eigenvalue weighted by Gasteiger charge is -2.11. The Bertz CT molecular complexity index is 364. The molecule has 1 rings (SSSR count). The molecule has 1 aromatic rings. The van der Waals surface area contributed by atoms with E-state index in [0.717, 1.165) is 29.6 Å². The molecule has 0 fully saturated rings. The van der Waals surface area contributed by atoms with Crippen LogP contribution in [0.25, 0.3) is 0 Å². The first-order chi connectivity index (χ1) is 7.13. The molecule has 0 saturated heterocycles. The van der Waals surface area contributed by atoms with Gasteiger partial charge < -0.3 is 4.57 Å². The molecule has 0 N–H and O–H groups in total. The second kappa shape index (κ2) is 6.38. The highest BCUT2D eigenvalue weighted by Gasteiger charge is 2.02. The molecule has 1 atom stereocenters. The maximum Gasteiger partial charge on any atom is 0.250 e. The van der Waals surface area contributed by atoms with Crippen LogP contribution >= 0.6 is 28.6 Å². The molecule has 0 aliphatic rings. The van der Waals surface area contributed by atoms with Gasteiger partial charge in [0.1, 0.15) is 0 Å². The van der Waals surface area contributed by atoms with Crippen LogP contribution < -0.4 is 5.56 Å². The van der Waals surface area contributed by atoms with Crippen LogP contribution in [0.1, 0.15) is 19.8 Å². The van der Waals surface area contributed by atoms with Crippen molar-refractivity contribution in [1.29, 1.82) is 0 Å². The van der Waals surface area contributed by atoms with E-state index in [1.165, 1.54) is 0 Å². The van der Waals surface area contributed by atoms with Gasteiger partial charge in [-0.3, -0.25) is 4.79 Å². The SMILES string of the molecule is CC(CCS)CCn1cc(Br)ccc1=O. The summed E-state index contributed by atoms with van der Waals surface area (Å²) in [5.74, 6) is 1.53. The van der Waals surface area contributed by atoms with Crippen molar-refractivity contribution < 1.29 is 0 Å². The molecule has 0 amide bonds. The quantitative estimate of drug-likeness (QED) is 0.827. The number of nitrogens with zero attached hydrogens (tertiary/aromatic N) is 1. The predicted molar refractivity (Wildman–Crippen MR) is 70.7 cm³/mol. The van der Waals surface area contributed by atoms with E-state index in [9.17, 15) is 4.79 Å². The average Bonchev–Trinajstić information content (AvgIpc) is 2.20. The van der Waals surface area contributed by atoms with Crippen molar-refractivity contribution >= 4 is 28.6 Å². The maximum absolute atomic E-state index is 11.5. The van der Waals surface area contributed by atoms with Crippen molar-refractivity contribution in [3.8, 4) is 0 Å². The van der Waals surface area contributed by atoms with Gasteiger partial charge in [0.25, 0.3) is 5.56 Å². The topological polar surface area (TPSA) is 22.0 Å². The largest absolute Gasteiger partial charge is 0.314 e. The first-order valence-corrected chi connectivity index (χ1v) is 6.53. The Morgan fingerprint density at radius 1 is 1.47 bits per heavy atom. The highest BCUT2D eigenvalue weighted by atomic mass is 79.9. The van der Waals surface area contributed by atoms with Crippen molar-refractivity contribution in [3.05, 3.63) is 33.2 Å². The summed E-state index contributed by atoms with van der Waals surface area (Å²) in [7, 11) is 0. The third-order valence-corrected chi connectivity index (χ3v) is 3.16. The molecular weight excluding hydrogens is 274 g/mol. The minimum absolute atomic E-state index is 0.0660. The van der Waals surface area contributed by atoms with Crippen molar-refractivity contribution in [2.45, 2.75) is 26.3 Å². The van der Waals surface area contributed by atoms with Crippen LogP contribution in [0.3, 0.4) is 0 Å². The molecule has 15 heavy (non-hydrogen) atoms. The second-order valence-corrected chi connectivity index (χ2v) is 5.15. The molecule has 2 nitrogen and oxygen atoms in total. The van der Waals surface area contributed by atoms with Crippen molar-refractivity contribution in [1.82, 2.24) is 4.57 Å². The molecule has 4 heteroatoms. The monoisotopic (exact) mass is 289 g/mol. The number of pyridine rings is 1. The van der Waals surface area contributed by atoms with Gasteiger partial charge in [-0.15, -0.1) is 0 Å². The summed E-state index contributed by atoms with van der Waals surface area (Å²) in [6.45, 7) is 2.98. The lowest BCUT2D eigenvalue weighted by molar-refractivity contribution is 0.465. The molecular formula is C11H16BrNOS. The molecule has 0 saturated carbocycles. The second-order valence-electron chi connectivity index (χ2n) is 3.79. The zero-order valence-electron chi connectivity index (χ0n) is 8.82. The van der Waals surface area contributed by atoms with Gasteiger partial charge in [-0.1, -0.05) is 6.92 Å². The van der Waals surface area contributed by atoms with Gasteiger partial charge in [-0.25, -0.2) is 0 Å². The van der Waals surface area contributed by atoms with Gasteiger partial charge in [0, 0.05) is 23.3 Å². The third-order valence-electron chi connectivity index (χ3n) is 2.43. The normalized spacial score (nSPS) is 12.7. The molecule has 0 radical (unpaired) electrons. The zero-order chi connectivity index (χ0) is 11.3. The third kappa shape index (κ3) is 4.43. The van der Waals surface area contributed by atoms with Crippen LogP contribution in [0.4, 0.5) is 0 Å². The Morgan fingerprint density at radius 3 is 2.87 bits per heavy atom. The van der Waals surface area contributed by atoms with Gasteiger partial charge in [-0.05, 0) is 46.5 Å². The number of aryl methyl sites for hydroxylation is 1.